The van der Waals surface area contributed by atoms with Crippen LogP contribution in [0, 0.1) is 0 Å². The number of carbonyl (C=O) groups is 1. The van der Waals surface area contributed by atoms with Crippen LogP contribution in [0.5, 0.6) is 0 Å². The zero-order valence-corrected chi connectivity index (χ0v) is 15.0. The number of aliphatic imine (C=N–C) groups is 1. The molecule has 0 spiro atoms. The van der Waals surface area contributed by atoms with Gasteiger partial charge in [-0.25, -0.2) is 4.99 Å². The number of nitrogens with zero attached hydrogens (tertiary/aromatic N) is 2. The predicted octanol–water partition coefficient (Wildman–Crippen LogP) is 3.74. The summed E-state index contributed by atoms with van der Waals surface area (Å²) in [6.07, 6.45) is 0. The van der Waals surface area contributed by atoms with E-state index in [0.717, 1.165) is 27.4 Å². The summed E-state index contributed by atoms with van der Waals surface area (Å²) in [4.78, 5) is 16.7. The summed E-state index contributed by atoms with van der Waals surface area (Å²) in [6.45, 7) is 1.66. The summed E-state index contributed by atoms with van der Waals surface area (Å²) in [6, 6.07) is 11.8. The molecular weight excluding hydrogens is 376 g/mol. The quantitative estimate of drug-likeness (QED) is 0.805. The molecule has 0 bridgehead atoms. The van der Waals surface area contributed by atoms with Gasteiger partial charge in [0.2, 0.25) is 0 Å². The van der Waals surface area contributed by atoms with Crippen molar-refractivity contribution in [2.24, 2.45) is 4.99 Å². The molecule has 0 saturated carbocycles. The molecule has 120 valence electrons. The van der Waals surface area contributed by atoms with E-state index in [4.69, 9.17) is 11.6 Å². The van der Waals surface area contributed by atoms with Crippen LogP contribution in [-0.4, -0.2) is 29.0 Å². The van der Waals surface area contributed by atoms with Gasteiger partial charge >= 0.3 is 0 Å². The average molecular weight is 387 g/mol. The van der Waals surface area contributed by atoms with Gasteiger partial charge in [-0.2, -0.15) is 12.7 Å². The molecule has 0 aliphatic carbocycles. The molecule has 1 unspecified atom stereocenters. The lowest BCUT2D eigenvalue weighted by molar-refractivity contribution is -0.122. The van der Waals surface area contributed by atoms with Crippen molar-refractivity contribution in [2.75, 3.05) is 0 Å². The van der Waals surface area contributed by atoms with Crippen LogP contribution in [0.2, 0.25) is 4.34 Å². The van der Waals surface area contributed by atoms with E-state index < -0.39 is 21.2 Å². The van der Waals surface area contributed by atoms with Crippen LogP contribution in [-0.2, 0) is 14.8 Å². The Hall–Kier alpha value is -1.35. The summed E-state index contributed by atoms with van der Waals surface area (Å²) in [5.74, 6) is -0.505. The molecular formula is C14H11ClN2O3S3. The largest absolute Gasteiger partial charge is 0.282 e. The van der Waals surface area contributed by atoms with E-state index in [-0.39, 0.29) is 9.38 Å². The van der Waals surface area contributed by atoms with Gasteiger partial charge in [0.05, 0.1) is 15.3 Å². The third-order valence-electron chi connectivity index (χ3n) is 3.03. The molecule has 0 N–H and O–H groups in total. The third kappa shape index (κ3) is 3.16. The Balaban J connectivity index is 2.07. The Morgan fingerprint density at radius 3 is 2.48 bits per heavy atom. The molecule has 2 heterocycles. The topological polar surface area (TPSA) is 66.8 Å². The molecule has 1 atom stereocenters. The van der Waals surface area contributed by atoms with Gasteiger partial charge in [-0.15, -0.1) is 11.3 Å². The minimum Gasteiger partial charge on any atom is -0.272 e. The van der Waals surface area contributed by atoms with Crippen molar-refractivity contribution >= 4 is 61.5 Å². The number of para-hydroxylation sites is 1. The van der Waals surface area contributed by atoms with Crippen molar-refractivity contribution in [3.05, 3.63) is 46.8 Å². The van der Waals surface area contributed by atoms with E-state index >= 15 is 0 Å². The van der Waals surface area contributed by atoms with Gasteiger partial charge < -0.3 is 0 Å². The van der Waals surface area contributed by atoms with Crippen LogP contribution >= 0.6 is 34.7 Å². The highest BCUT2D eigenvalue weighted by Gasteiger charge is 2.44. The molecule has 2 aromatic rings. The van der Waals surface area contributed by atoms with Gasteiger partial charge in [0.1, 0.15) is 4.21 Å². The summed E-state index contributed by atoms with van der Waals surface area (Å²) < 4.78 is 26.7. The average Bonchev–Trinajstić information content (AvgIpc) is 3.06. The minimum absolute atomic E-state index is 0.0197. The number of thioether (sulfide) groups is 1. The van der Waals surface area contributed by atoms with Crippen molar-refractivity contribution in [3.8, 4) is 0 Å². The predicted molar refractivity (Wildman–Crippen MR) is 94.0 cm³/mol. The molecule has 1 saturated heterocycles. The normalized spacial score (nSPS) is 20.4. The fraction of sp³-hybridized carbons (Fsp3) is 0.143. The molecule has 1 fully saturated rings. The maximum Gasteiger partial charge on any atom is 0.282 e. The summed E-state index contributed by atoms with van der Waals surface area (Å²) in [5, 5.41) is -0.360. The fourth-order valence-electron chi connectivity index (χ4n) is 1.95. The van der Waals surface area contributed by atoms with Crippen molar-refractivity contribution in [3.63, 3.8) is 0 Å². The second kappa shape index (κ2) is 6.27. The smallest absolute Gasteiger partial charge is 0.272 e. The zero-order valence-electron chi connectivity index (χ0n) is 11.8. The molecule has 1 aromatic heterocycles. The number of carbonyl (C=O) groups excluding carboxylic acids is 1. The molecule has 1 aliphatic rings. The zero-order chi connectivity index (χ0) is 16.6. The van der Waals surface area contributed by atoms with Crippen molar-refractivity contribution < 1.29 is 13.2 Å². The van der Waals surface area contributed by atoms with Gasteiger partial charge in [-0.1, -0.05) is 41.6 Å². The minimum atomic E-state index is -4.00. The lowest BCUT2D eigenvalue weighted by Crippen LogP contribution is -2.36. The highest BCUT2D eigenvalue weighted by Crippen LogP contribution is 2.36. The number of thiophene rings is 1. The first-order valence-electron chi connectivity index (χ1n) is 6.54. The fourth-order valence-corrected chi connectivity index (χ4v) is 6.19. The number of hydrogen-bond acceptors (Lipinski definition) is 6. The van der Waals surface area contributed by atoms with E-state index in [2.05, 4.69) is 4.99 Å². The Labute approximate surface area is 147 Å². The lowest BCUT2D eigenvalue weighted by atomic mass is 10.3. The van der Waals surface area contributed by atoms with Crippen LogP contribution in [0.4, 0.5) is 5.69 Å². The molecule has 1 amide bonds. The summed E-state index contributed by atoms with van der Waals surface area (Å²) in [5.41, 5.74) is 0.585. The lowest BCUT2D eigenvalue weighted by Gasteiger charge is -2.15. The molecule has 5 nitrogen and oxygen atoms in total. The number of amidine groups is 1. The number of amides is 1. The molecule has 9 heteroatoms. The standard InChI is InChI=1S/C14H11ClN2O3S3/c1-9-13(18)17(23(19,20)12-8-7-11(15)22-12)14(21-9)16-10-5-3-2-4-6-10/h2-9H,1H3. The molecule has 3 rings (SSSR count). The number of sulfonamides is 1. The van der Waals surface area contributed by atoms with Crippen LogP contribution in [0.3, 0.4) is 0 Å². The van der Waals surface area contributed by atoms with Crippen molar-refractivity contribution in [1.29, 1.82) is 0 Å². The molecule has 1 aliphatic heterocycles. The van der Waals surface area contributed by atoms with E-state index in [1.54, 1.807) is 31.2 Å². The molecule has 1 aromatic carbocycles. The Morgan fingerprint density at radius 2 is 1.87 bits per heavy atom. The highest BCUT2D eigenvalue weighted by molar-refractivity contribution is 8.17. The van der Waals surface area contributed by atoms with Crippen LogP contribution in [0.1, 0.15) is 6.92 Å². The van der Waals surface area contributed by atoms with E-state index in [9.17, 15) is 13.2 Å². The summed E-state index contributed by atoms with van der Waals surface area (Å²) >= 11 is 7.86. The first-order chi connectivity index (χ1) is 10.9. The Bertz CT molecular complexity index is 878. The van der Waals surface area contributed by atoms with Crippen LogP contribution in [0.25, 0.3) is 0 Å². The summed E-state index contributed by atoms with van der Waals surface area (Å²) in [7, 11) is -4.00. The second-order valence-electron chi connectivity index (χ2n) is 4.66. The highest BCUT2D eigenvalue weighted by atomic mass is 35.5. The maximum absolute atomic E-state index is 12.8. The first-order valence-corrected chi connectivity index (χ1v) is 10.1. The van der Waals surface area contributed by atoms with Gasteiger partial charge in [-0.3, -0.25) is 4.79 Å². The van der Waals surface area contributed by atoms with Crippen molar-refractivity contribution in [2.45, 2.75) is 16.4 Å². The number of hydrogen-bond donors (Lipinski definition) is 0. The second-order valence-corrected chi connectivity index (χ2v) is 9.69. The number of rotatable bonds is 3. The van der Waals surface area contributed by atoms with E-state index in [1.807, 2.05) is 6.07 Å². The van der Waals surface area contributed by atoms with Crippen molar-refractivity contribution in [1.82, 2.24) is 4.31 Å². The molecule has 23 heavy (non-hydrogen) atoms. The van der Waals surface area contributed by atoms with Gasteiger partial charge in [0.25, 0.3) is 15.9 Å². The monoisotopic (exact) mass is 386 g/mol. The number of benzene rings is 1. The van der Waals surface area contributed by atoms with Gasteiger partial charge in [0, 0.05) is 0 Å². The Morgan fingerprint density at radius 1 is 1.17 bits per heavy atom. The first kappa shape index (κ1) is 16.5. The van der Waals surface area contributed by atoms with E-state index in [0.29, 0.717) is 10.0 Å². The maximum atomic E-state index is 12.8. The number of halogens is 1. The Kier molecular flexibility index (Phi) is 4.50. The van der Waals surface area contributed by atoms with Gasteiger partial charge in [-0.05, 0) is 31.2 Å². The van der Waals surface area contributed by atoms with E-state index in [1.165, 1.54) is 12.1 Å². The van der Waals surface area contributed by atoms with Crippen LogP contribution in [0.15, 0.2) is 51.7 Å². The van der Waals surface area contributed by atoms with Gasteiger partial charge in [0.15, 0.2) is 5.17 Å². The van der Waals surface area contributed by atoms with Crippen LogP contribution < -0.4 is 0 Å². The third-order valence-corrected chi connectivity index (χ3v) is 7.57. The molecule has 0 radical (unpaired) electrons. The SMILES string of the molecule is CC1SC(=Nc2ccccc2)N(S(=O)(=O)c2ccc(Cl)s2)C1=O.